The summed E-state index contributed by atoms with van der Waals surface area (Å²) in [7, 11) is -3.99. The number of oxime groups is 1. The number of rotatable bonds is 7. The predicted octanol–water partition coefficient (Wildman–Crippen LogP) is 4.14. The molecule has 128 valence electrons. The second-order valence-electron chi connectivity index (χ2n) is 4.66. The molecule has 2 aromatic carbocycles. The van der Waals surface area contributed by atoms with Crippen molar-refractivity contribution in [3.8, 4) is 0 Å². The van der Waals surface area contributed by atoms with Crippen LogP contribution < -0.4 is 0 Å². The first kappa shape index (κ1) is 18.4. The molecule has 4 nitrogen and oxygen atoms in total. The third kappa shape index (κ3) is 5.04. The van der Waals surface area contributed by atoms with Crippen molar-refractivity contribution in [2.24, 2.45) is 5.16 Å². The van der Waals surface area contributed by atoms with E-state index in [9.17, 15) is 17.2 Å². The van der Waals surface area contributed by atoms with E-state index >= 15 is 0 Å². The zero-order chi connectivity index (χ0) is 17.6. The fraction of sp³-hybridized carbons (Fsp3) is 0.188. The molecule has 0 radical (unpaired) electrons. The molecule has 0 amide bonds. The van der Waals surface area contributed by atoms with E-state index in [1.807, 2.05) is 0 Å². The SMILES string of the molecule is CCS(=O)(=O)ON=C(c1ccccc1)C(F)(F)Sc1ccccc1. The van der Waals surface area contributed by atoms with Crippen LogP contribution in [0.4, 0.5) is 8.78 Å². The molecule has 2 rings (SSSR count). The summed E-state index contributed by atoms with van der Waals surface area (Å²) in [6.07, 6.45) is 0. The van der Waals surface area contributed by atoms with Crippen molar-refractivity contribution in [1.29, 1.82) is 0 Å². The number of halogens is 2. The highest BCUT2D eigenvalue weighted by molar-refractivity contribution is 8.01. The van der Waals surface area contributed by atoms with Gasteiger partial charge in [0.15, 0.2) is 5.71 Å². The highest BCUT2D eigenvalue weighted by Crippen LogP contribution is 2.39. The van der Waals surface area contributed by atoms with Crippen LogP contribution in [0.5, 0.6) is 0 Å². The first-order chi connectivity index (χ1) is 11.3. The van der Waals surface area contributed by atoms with Gasteiger partial charge in [-0.05, 0) is 30.8 Å². The fourth-order valence-electron chi connectivity index (χ4n) is 1.70. The fourth-order valence-corrected chi connectivity index (χ4v) is 2.84. The van der Waals surface area contributed by atoms with E-state index in [4.69, 9.17) is 0 Å². The molecule has 0 aromatic heterocycles. The Hall–Kier alpha value is -1.93. The summed E-state index contributed by atoms with van der Waals surface area (Å²) >= 11 is 0.268. The number of thioether (sulfide) groups is 1. The lowest BCUT2D eigenvalue weighted by atomic mass is 10.1. The van der Waals surface area contributed by atoms with E-state index in [1.165, 1.54) is 31.2 Å². The predicted molar refractivity (Wildman–Crippen MR) is 90.8 cm³/mol. The van der Waals surface area contributed by atoms with E-state index < -0.39 is 21.1 Å². The molecule has 0 unspecified atom stereocenters. The molecule has 0 N–H and O–H groups in total. The molecular weight excluding hydrogens is 356 g/mol. The van der Waals surface area contributed by atoms with Crippen LogP contribution in [0.15, 0.2) is 70.7 Å². The Morgan fingerprint density at radius 1 is 1.08 bits per heavy atom. The Labute approximate surface area is 143 Å². The van der Waals surface area contributed by atoms with Gasteiger partial charge in [-0.2, -0.15) is 17.2 Å². The first-order valence-electron chi connectivity index (χ1n) is 7.01. The van der Waals surface area contributed by atoms with Crippen LogP contribution in [0.1, 0.15) is 12.5 Å². The van der Waals surface area contributed by atoms with Gasteiger partial charge in [0, 0.05) is 10.5 Å². The molecule has 0 spiro atoms. The quantitative estimate of drug-likeness (QED) is 0.417. The van der Waals surface area contributed by atoms with E-state index in [2.05, 4.69) is 9.44 Å². The number of benzene rings is 2. The number of hydrogen-bond donors (Lipinski definition) is 0. The molecule has 0 atom stereocenters. The molecule has 0 aliphatic rings. The maximum absolute atomic E-state index is 14.7. The Balaban J connectivity index is 2.39. The van der Waals surface area contributed by atoms with Gasteiger partial charge in [0.25, 0.3) is 0 Å². The van der Waals surface area contributed by atoms with Crippen LogP contribution in [-0.2, 0) is 14.4 Å². The molecule has 0 saturated heterocycles. The maximum Gasteiger partial charge on any atom is 0.343 e. The molecule has 8 heteroatoms. The molecular formula is C16H15F2NO3S2. The van der Waals surface area contributed by atoms with Gasteiger partial charge < -0.3 is 0 Å². The molecule has 24 heavy (non-hydrogen) atoms. The maximum atomic E-state index is 14.7. The van der Waals surface area contributed by atoms with Gasteiger partial charge in [0.05, 0.1) is 5.75 Å². The minimum atomic E-state index is -3.99. The zero-order valence-corrected chi connectivity index (χ0v) is 14.4. The van der Waals surface area contributed by atoms with Gasteiger partial charge >= 0.3 is 15.4 Å². The minimum Gasteiger partial charge on any atom is -0.268 e. The van der Waals surface area contributed by atoms with Gasteiger partial charge in [-0.1, -0.05) is 53.7 Å². The lowest BCUT2D eigenvalue weighted by Gasteiger charge is -2.17. The highest BCUT2D eigenvalue weighted by Gasteiger charge is 2.39. The molecule has 0 bridgehead atoms. The summed E-state index contributed by atoms with van der Waals surface area (Å²) in [6.45, 7) is 1.34. The van der Waals surface area contributed by atoms with E-state index in [0.29, 0.717) is 4.90 Å². The summed E-state index contributed by atoms with van der Waals surface area (Å²) in [4.78, 5) is 0.324. The lowest BCUT2D eigenvalue weighted by Crippen LogP contribution is -2.26. The topological polar surface area (TPSA) is 55.7 Å². The number of alkyl halides is 2. The molecule has 0 fully saturated rings. The van der Waals surface area contributed by atoms with Gasteiger partial charge in [-0.3, -0.25) is 4.28 Å². The third-order valence-electron chi connectivity index (χ3n) is 2.91. The summed E-state index contributed by atoms with van der Waals surface area (Å²) < 4.78 is 56.7. The van der Waals surface area contributed by atoms with E-state index in [0.717, 1.165) is 0 Å². The Morgan fingerprint density at radius 2 is 1.62 bits per heavy atom. The average Bonchev–Trinajstić information content (AvgIpc) is 2.56. The van der Waals surface area contributed by atoms with Gasteiger partial charge in [0.1, 0.15) is 0 Å². The minimum absolute atomic E-state index is 0.0808. The van der Waals surface area contributed by atoms with Crippen molar-refractivity contribution in [3.05, 3.63) is 66.2 Å². The summed E-state index contributed by atoms with van der Waals surface area (Å²) in [5, 5.41) is -0.218. The van der Waals surface area contributed by atoms with Crippen molar-refractivity contribution in [3.63, 3.8) is 0 Å². The number of hydrogen-bond acceptors (Lipinski definition) is 5. The van der Waals surface area contributed by atoms with Crippen LogP contribution in [0.25, 0.3) is 0 Å². The van der Waals surface area contributed by atoms with Crippen molar-refractivity contribution < 1.29 is 21.5 Å². The third-order valence-corrected chi connectivity index (χ3v) is 4.87. The van der Waals surface area contributed by atoms with Gasteiger partial charge in [0.2, 0.25) is 0 Å². The zero-order valence-electron chi connectivity index (χ0n) is 12.7. The second kappa shape index (κ2) is 7.76. The van der Waals surface area contributed by atoms with Crippen LogP contribution >= 0.6 is 11.8 Å². The molecule has 0 aliphatic carbocycles. The van der Waals surface area contributed by atoms with Crippen LogP contribution in [-0.4, -0.2) is 25.1 Å². The Bertz CT molecular complexity index is 795. The lowest BCUT2D eigenvalue weighted by molar-refractivity contribution is 0.179. The summed E-state index contributed by atoms with van der Waals surface area (Å²) in [5.74, 6) is -0.365. The highest BCUT2D eigenvalue weighted by atomic mass is 32.2. The van der Waals surface area contributed by atoms with E-state index in [1.54, 1.807) is 36.4 Å². The number of nitrogens with zero attached hydrogens (tertiary/aromatic N) is 1. The van der Waals surface area contributed by atoms with Crippen molar-refractivity contribution in [2.75, 3.05) is 5.75 Å². The van der Waals surface area contributed by atoms with Crippen molar-refractivity contribution in [1.82, 2.24) is 0 Å². The van der Waals surface area contributed by atoms with Gasteiger partial charge in [-0.15, -0.1) is 0 Å². The molecule has 0 heterocycles. The largest absolute Gasteiger partial charge is 0.343 e. The van der Waals surface area contributed by atoms with Crippen LogP contribution in [0, 0.1) is 0 Å². The molecule has 0 aliphatic heterocycles. The van der Waals surface area contributed by atoms with Gasteiger partial charge in [-0.25, -0.2) is 0 Å². The Kier molecular flexibility index (Phi) is 5.95. The second-order valence-corrected chi connectivity index (χ2v) is 7.69. The Morgan fingerprint density at radius 3 is 2.17 bits per heavy atom. The van der Waals surface area contributed by atoms with E-state index in [-0.39, 0.29) is 23.1 Å². The summed E-state index contributed by atoms with van der Waals surface area (Å²) in [5.41, 5.74) is -0.675. The average molecular weight is 371 g/mol. The molecule has 2 aromatic rings. The normalized spacial score (nSPS) is 12.9. The molecule has 0 saturated carbocycles. The van der Waals surface area contributed by atoms with Crippen LogP contribution in [0.3, 0.4) is 0 Å². The van der Waals surface area contributed by atoms with Crippen molar-refractivity contribution in [2.45, 2.75) is 17.1 Å². The van der Waals surface area contributed by atoms with Crippen LogP contribution in [0.2, 0.25) is 0 Å². The monoisotopic (exact) mass is 371 g/mol. The standard InChI is InChI=1S/C16H15F2NO3S2/c1-2-24(20,21)22-19-15(13-9-5-3-6-10-13)16(17,18)23-14-11-7-4-8-12-14/h3-12H,2H2,1H3. The first-order valence-corrected chi connectivity index (χ1v) is 9.40. The summed E-state index contributed by atoms with van der Waals surface area (Å²) in [6, 6.07) is 15.7. The van der Waals surface area contributed by atoms with Crippen molar-refractivity contribution >= 4 is 27.6 Å². The smallest absolute Gasteiger partial charge is 0.268 e.